The zero-order chi connectivity index (χ0) is 24.5. The lowest BCUT2D eigenvalue weighted by molar-refractivity contribution is -0.122. The van der Waals surface area contributed by atoms with E-state index in [0.717, 1.165) is 32.0 Å². The molecule has 0 bridgehead atoms. The van der Waals surface area contributed by atoms with Crippen molar-refractivity contribution < 1.29 is 23.8 Å². The zero-order valence-corrected chi connectivity index (χ0v) is 22.3. The van der Waals surface area contributed by atoms with Crippen LogP contribution in [0.2, 0.25) is 0 Å². The van der Waals surface area contributed by atoms with Crippen LogP contribution in [0.1, 0.15) is 30.0 Å². The van der Waals surface area contributed by atoms with Gasteiger partial charge < -0.3 is 14.2 Å². The summed E-state index contributed by atoms with van der Waals surface area (Å²) in [6, 6.07) is 11.9. The Hall–Kier alpha value is -2.30. The lowest BCUT2D eigenvalue weighted by Gasteiger charge is -2.17. The highest BCUT2D eigenvalue weighted by molar-refractivity contribution is 14.1. The van der Waals surface area contributed by atoms with Crippen molar-refractivity contribution in [2.75, 3.05) is 26.9 Å². The van der Waals surface area contributed by atoms with E-state index in [1.807, 2.05) is 43.3 Å². The van der Waals surface area contributed by atoms with Gasteiger partial charge in [0.1, 0.15) is 6.61 Å². The van der Waals surface area contributed by atoms with Crippen molar-refractivity contribution in [2.24, 2.45) is 0 Å². The molecule has 0 saturated carbocycles. The standard InChI is InChI=1S/C26H28INO5S/c1-4-7-20-14-19(16-23-25(29)28(26(30)34-23)12-6-13-31-3)15-22(32-5-2)24(20)33-17-18-8-10-21(27)11-9-18/h4,8-11,14-16H,1,5-7,12-13,17H2,2-3H3/b23-16+. The molecule has 0 spiro atoms. The number of imide groups is 1. The SMILES string of the molecule is C=CCc1cc(/C=C2/SC(=O)N(CCCOC)C2=O)cc(OCC)c1OCc1ccc(I)cc1. The van der Waals surface area contributed by atoms with Crippen molar-refractivity contribution in [3.63, 3.8) is 0 Å². The predicted molar refractivity (Wildman–Crippen MR) is 144 cm³/mol. The van der Waals surface area contributed by atoms with Crippen molar-refractivity contribution in [1.82, 2.24) is 4.90 Å². The van der Waals surface area contributed by atoms with Crippen LogP contribution in [0, 0.1) is 3.57 Å². The molecule has 2 aromatic carbocycles. The Bertz CT molecular complexity index is 1070. The topological polar surface area (TPSA) is 65.1 Å². The number of nitrogens with zero attached hydrogens (tertiary/aromatic N) is 1. The van der Waals surface area contributed by atoms with Crippen LogP contribution in [0.15, 0.2) is 54.0 Å². The first-order valence-electron chi connectivity index (χ1n) is 11.0. The summed E-state index contributed by atoms with van der Waals surface area (Å²) >= 11 is 3.22. The van der Waals surface area contributed by atoms with E-state index >= 15 is 0 Å². The highest BCUT2D eigenvalue weighted by atomic mass is 127. The highest BCUT2D eigenvalue weighted by Gasteiger charge is 2.34. The summed E-state index contributed by atoms with van der Waals surface area (Å²) in [6.45, 7) is 7.48. The number of amides is 2. The van der Waals surface area contributed by atoms with Crippen molar-refractivity contribution in [2.45, 2.75) is 26.4 Å². The van der Waals surface area contributed by atoms with Crippen LogP contribution in [-0.4, -0.2) is 42.9 Å². The van der Waals surface area contributed by atoms with Crippen LogP contribution >= 0.6 is 34.4 Å². The molecule has 0 aliphatic carbocycles. The van der Waals surface area contributed by atoms with Gasteiger partial charge in [-0.05, 0) is 95.6 Å². The van der Waals surface area contributed by atoms with Crippen LogP contribution in [-0.2, 0) is 22.6 Å². The van der Waals surface area contributed by atoms with Gasteiger partial charge in [-0.2, -0.15) is 0 Å². The smallest absolute Gasteiger partial charge is 0.293 e. The number of allylic oxidation sites excluding steroid dienone is 1. The van der Waals surface area contributed by atoms with Crippen molar-refractivity contribution >= 4 is 51.6 Å². The van der Waals surface area contributed by atoms with E-state index in [4.69, 9.17) is 14.2 Å². The van der Waals surface area contributed by atoms with Crippen LogP contribution in [0.3, 0.4) is 0 Å². The monoisotopic (exact) mass is 593 g/mol. The molecule has 1 aliphatic heterocycles. The number of carbonyl (C=O) groups is 2. The lowest BCUT2D eigenvalue weighted by Crippen LogP contribution is -2.29. The third-order valence-corrected chi connectivity index (χ3v) is 6.64. The third kappa shape index (κ3) is 6.86. The molecule has 2 amide bonds. The van der Waals surface area contributed by atoms with Gasteiger partial charge in [0.2, 0.25) is 0 Å². The summed E-state index contributed by atoms with van der Waals surface area (Å²) in [5.74, 6) is 0.969. The lowest BCUT2D eigenvalue weighted by atomic mass is 10.0. The number of hydrogen-bond acceptors (Lipinski definition) is 6. The Kier molecular flexibility index (Phi) is 10.0. The number of halogens is 1. The second-order valence-electron chi connectivity index (χ2n) is 7.53. The molecular weight excluding hydrogens is 565 g/mol. The molecule has 1 aliphatic rings. The summed E-state index contributed by atoms with van der Waals surface area (Å²) in [5, 5.41) is -0.263. The van der Waals surface area contributed by atoms with E-state index in [1.54, 1.807) is 19.3 Å². The van der Waals surface area contributed by atoms with Crippen LogP contribution in [0.5, 0.6) is 11.5 Å². The minimum Gasteiger partial charge on any atom is -0.490 e. The molecule has 1 heterocycles. The average molecular weight is 593 g/mol. The first-order valence-corrected chi connectivity index (χ1v) is 12.9. The van der Waals surface area contributed by atoms with E-state index in [1.165, 1.54) is 4.90 Å². The normalized spacial score (nSPS) is 14.7. The Balaban J connectivity index is 1.88. The van der Waals surface area contributed by atoms with Crippen molar-refractivity contribution in [3.05, 3.63) is 74.2 Å². The third-order valence-electron chi connectivity index (χ3n) is 5.02. The van der Waals surface area contributed by atoms with Crippen molar-refractivity contribution in [3.8, 4) is 11.5 Å². The largest absolute Gasteiger partial charge is 0.490 e. The Morgan fingerprint density at radius 1 is 1.15 bits per heavy atom. The van der Waals surface area contributed by atoms with Gasteiger partial charge in [-0.15, -0.1) is 6.58 Å². The maximum Gasteiger partial charge on any atom is 0.293 e. The highest BCUT2D eigenvalue weighted by Crippen LogP contribution is 2.37. The van der Waals surface area contributed by atoms with Gasteiger partial charge in [0.25, 0.3) is 11.1 Å². The van der Waals surface area contributed by atoms with Gasteiger partial charge in [0.05, 0.1) is 11.5 Å². The molecule has 1 saturated heterocycles. The molecule has 2 aromatic rings. The van der Waals surface area contributed by atoms with E-state index in [9.17, 15) is 9.59 Å². The number of ether oxygens (including phenoxy) is 3. The maximum absolute atomic E-state index is 12.8. The van der Waals surface area contributed by atoms with E-state index in [2.05, 4.69) is 29.2 Å². The summed E-state index contributed by atoms with van der Waals surface area (Å²) in [5.41, 5.74) is 2.72. The summed E-state index contributed by atoms with van der Waals surface area (Å²) < 4.78 is 18.3. The molecule has 0 N–H and O–H groups in total. The fourth-order valence-electron chi connectivity index (χ4n) is 3.45. The molecule has 1 fully saturated rings. The first-order chi connectivity index (χ1) is 16.5. The summed E-state index contributed by atoms with van der Waals surface area (Å²) in [7, 11) is 1.60. The second kappa shape index (κ2) is 13.0. The fourth-order valence-corrected chi connectivity index (χ4v) is 4.67. The second-order valence-corrected chi connectivity index (χ2v) is 9.77. The fraction of sp³-hybridized carbons (Fsp3) is 0.308. The van der Waals surface area contributed by atoms with Gasteiger partial charge >= 0.3 is 0 Å². The minimum atomic E-state index is -0.284. The summed E-state index contributed by atoms with van der Waals surface area (Å²) in [4.78, 5) is 26.8. The van der Waals surface area contributed by atoms with Crippen LogP contribution < -0.4 is 9.47 Å². The number of methoxy groups -OCH3 is 1. The van der Waals surface area contributed by atoms with Gasteiger partial charge in [0, 0.05) is 29.4 Å². The van der Waals surface area contributed by atoms with Crippen LogP contribution in [0.25, 0.3) is 6.08 Å². The van der Waals surface area contributed by atoms with Gasteiger partial charge in [-0.3, -0.25) is 14.5 Å². The van der Waals surface area contributed by atoms with Gasteiger partial charge in [-0.1, -0.05) is 18.2 Å². The van der Waals surface area contributed by atoms with E-state index < -0.39 is 0 Å². The molecule has 8 heteroatoms. The molecule has 3 rings (SSSR count). The molecule has 0 aromatic heterocycles. The summed E-state index contributed by atoms with van der Waals surface area (Å²) in [6.07, 6.45) is 4.71. The Labute approximate surface area is 218 Å². The number of carbonyl (C=O) groups excluding carboxylic acids is 2. The minimum absolute atomic E-state index is 0.263. The van der Waals surface area contributed by atoms with Gasteiger partial charge in [0.15, 0.2) is 11.5 Å². The van der Waals surface area contributed by atoms with Gasteiger partial charge in [-0.25, -0.2) is 0 Å². The molecule has 6 nitrogen and oxygen atoms in total. The van der Waals surface area contributed by atoms with Crippen molar-refractivity contribution in [1.29, 1.82) is 0 Å². The number of benzene rings is 2. The predicted octanol–water partition coefficient (Wildman–Crippen LogP) is 6.07. The number of rotatable bonds is 12. The number of hydrogen-bond donors (Lipinski definition) is 0. The molecule has 180 valence electrons. The molecular formula is C26H28INO5S. The Morgan fingerprint density at radius 2 is 1.91 bits per heavy atom. The maximum atomic E-state index is 12.8. The first kappa shape index (κ1) is 26.3. The average Bonchev–Trinajstić information content (AvgIpc) is 3.07. The van der Waals surface area contributed by atoms with Crippen LogP contribution in [0.4, 0.5) is 4.79 Å². The molecule has 34 heavy (non-hydrogen) atoms. The molecule has 0 unspecified atom stereocenters. The zero-order valence-electron chi connectivity index (χ0n) is 19.3. The van der Waals surface area contributed by atoms with E-state index in [-0.39, 0.29) is 11.1 Å². The number of thioether (sulfide) groups is 1. The molecule has 0 atom stereocenters. The van der Waals surface area contributed by atoms with E-state index in [0.29, 0.717) is 55.6 Å². The Morgan fingerprint density at radius 3 is 2.59 bits per heavy atom. The quantitative estimate of drug-likeness (QED) is 0.129. The molecule has 0 radical (unpaired) electrons.